The van der Waals surface area contributed by atoms with Crippen LogP contribution in [-0.2, 0) is 4.74 Å². The zero-order chi connectivity index (χ0) is 26.3. The lowest BCUT2D eigenvalue weighted by atomic mass is 10.0. The van der Waals surface area contributed by atoms with Crippen molar-refractivity contribution in [3.05, 3.63) is 72.7 Å². The largest absolute Gasteiger partial charge is 0.486 e. The molecule has 7 nitrogen and oxygen atoms in total. The molecule has 2 aliphatic rings. The van der Waals surface area contributed by atoms with Crippen LogP contribution in [0.25, 0.3) is 27.9 Å². The molecule has 38 heavy (non-hydrogen) atoms. The third-order valence-electron chi connectivity index (χ3n) is 7.21. The first-order valence-electron chi connectivity index (χ1n) is 12.7. The lowest BCUT2D eigenvalue weighted by Crippen LogP contribution is -2.43. The summed E-state index contributed by atoms with van der Waals surface area (Å²) in [5.74, 6) is 0.840. The molecule has 2 N–H and O–H groups in total. The highest BCUT2D eigenvalue weighted by atomic mass is 19.4. The van der Waals surface area contributed by atoms with E-state index in [1.165, 1.54) is 12.1 Å². The molecule has 1 aliphatic carbocycles. The Hall–Kier alpha value is -3.47. The fourth-order valence-corrected chi connectivity index (χ4v) is 4.88. The number of hydrogen-bond donors (Lipinski definition) is 1. The van der Waals surface area contributed by atoms with Crippen molar-refractivity contribution in [1.82, 2.24) is 19.5 Å². The number of benzene rings is 2. The van der Waals surface area contributed by atoms with Gasteiger partial charge in [-0.1, -0.05) is 30.3 Å². The van der Waals surface area contributed by atoms with Gasteiger partial charge in [0.15, 0.2) is 5.65 Å². The van der Waals surface area contributed by atoms with Crippen molar-refractivity contribution in [2.45, 2.75) is 30.7 Å². The Balaban J connectivity index is 1.18. The second-order valence-electron chi connectivity index (χ2n) is 10.0. The van der Waals surface area contributed by atoms with Crippen LogP contribution >= 0.6 is 0 Å². The molecule has 1 saturated heterocycles. The van der Waals surface area contributed by atoms with Crippen LogP contribution in [0.3, 0.4) is 0 Å². The number of aromatic nitrogens is 3. The number of ether oxygens (including phenoxy) is 2. The summed E-state index contributed by atoms with van der Waals surface area (Å²) in [6.07, 6.45) is 2.79. The number of halogens is 3. The zero-order valence-electron chi connectivity index (χ0n) is 20.7. The van der Waals surface area contributed by atoms with Crippen molar-refractivity contribution in [3.8, 4) is 28.0 Å². The SMILES string of the molecule is NC(c1cccc(-c2cnn3cc(-c4ccc(OC5(CN6CCOCC6)CC5)cc4)cnc23)c1)C(F)(F)F. The molecular weight excluding hydrogens is 495 g/mol. The minimum Gasteiger partial charge on any atom is -0.486 e. The predicted molar refractivity (Wildman–Crippen MR) is 137 cm³/mol. The fraction of sp³-hybridized carbons (Fsp3) is 0.357. The Morgan fingerprint density at radius 2 is 1.76 bits per heavy atom. The number of rotatable bonds is 7. The van der Waals surface area contributed by atoms with E-state index in [2.05, 4.69) is 15.0 Å². The molecule has 1 saturated carbocycles. The highest BCUT2D eigenvalue weighted by Gasteiger charge is 2.47. The first-order valence-corrected chi connectivity index (χ1v) is 12.7. The molecular formula is C28H28F3N5O2. The topological polar surface area (TPSA) is 77.9 Å². The Morgan fingerprint density at radius 1 is 1.00 bits per heavy atom. The summed E-state index contributed by atoms with van der Waals surface area (Å²) < 4.78 is 52.8. The van der Waals surface area contributed by atoms with Crippen LogP contribution in [0.2, 0.25) is 0 Å². The maximum Gasteiger partial charge on any atom is 0.407 e. The standard InChI is InChI=1S/C28H28F3N5O2/c29-28(30,31)25(32)21-3-1-2-20(14-21)24-16-34-36-17-22(15-33-26(24)36)19-4-6-23(7-5-19)38-27(8-9-27)18-35-10-12-37-13-11-35/h1-7,14-17,25H,8-13,18,32H2. The van der Waals surface area contributed by atoms with Gasteiger partial charge in [-0.3, -0.25) is 4.90 Å². The van der Waals surface area contributed by atoms with Gasteiger partial charge in [0.05, 0.1) is 19.4 Å². The van der Waals surface area contributed by atoms with Gasteiger partial charge < -0.3 is 15.2 Å². The molecule has 4 aromatic rings. The van der Waals surface area contributed by atoms with Crippen LogP contribution in [0.5, 0.6) is 5.75 Å². The Labute approximate surface area is 218 Å². The van der Waals surface area contributed by atoms with Crippen LogP contribution in [-0.4, -0.2) is 64.1 Å². The first-order chi connectivity index (χ1) is 18.3. The minimum atomic E-state index is -4.52. The molecule has 3 heterocycles. The van der Waals surface area contributed by atoms with Crippen molar-refractivity contribution in [1.29, 1.82) is 0 Å². The van der Waals surface area contributed by atoms with Gasteiger partial charge in [-0.2, -0.15) is 18.3 Å². The van der Waals surface area contributed by atoms with Gasteiger partial charge >= 0.3 is 6.18 Å². The second kappa shape index (κ2) is 9.68. The van der Waals surface area contributed by atoms with E-state index in [4.69, 9.17) is 15.2 Å². The minimum absolute atomic E-state index is 0.00815. The number of nitrogens with two attached hydrogens (primary N) is 1. The summed E-state index contributed by atoms with van der Waals surface area (Å²) in [6, 6.07) is 12.0. The van der Waals surface area contributed by atoms with Crippen molar-refractivity contribution < 1.29 is 22.6 Å². The Kier molecular flexibility index (Phi) is 6.33. The van der Waals surface area contributed by atoms with E-state index < -0.39 is 12.2 Å². The average molecular weight is 524 g/mol. The third kappa shape index (κ3) is 5.11. The number of hydrogen-bond acceptors (Lipinski definition) is 6. The molecule has 198 valence electrons. The Morgan fingerprint density at radius 3 is 2.47 bits per heavy atom. The molecule has 1 unspecified atom stereocenters. The molecule has 2 aromatic heterocycles. The summed E-state index contributed by atoms with van der Waals surface area (Å²) in [5, 5.41) is 4.40. The fourth-order valence-electron chi connectivity index (χ4n) is 4.88. The lowest BCUT2D eigenvalue weighted by molar-refractivity contribution is -0.149. The zero-order valence-corrected chi connectivity index (χ0v) is 20.7. The van der Waals surface area contributed by atoms with Gasteiger partial charge in [-0.05, 0) is 47.7 Å². The van der Waals surface area contributed by atoms with E-state index in [1.54, 1.807) is 29.0 Å². The highest BCUT2D eigenvalue weighted by Crippen LogP contribution is 2.41. The van der Waals surface area contributed by atoms with Crippen LogP contribution < -0.4 is 10.5 Å². The molecule has 2 aromatic carbocycles. The number of fused-ring (bicyclic) bond motifs is 1. The molecule has 10 heteroatoms. The molecule has 6 rings (SSSR count). The van der Waals surface area contributed by atoms with E-state index in [9.17, 15) is 13.2 Å². The summed E-state index contributed by atoms with van der Waals surface area (Å²) in [5.41, 5.74) is 8.86. The van der Waals surface area contributed by atoms with Gasteiger partial charge in [0.25, 0.3) is 0 Å². The lowest BCUT2D eigenvalue weighted by Gasteiger charge is -2.30. The monoisotopic (exact) mass is 523 g/mol. The third-order valence-corrected chi connectivity index (χ3v) is 7.21. The summed E-state index contributed by atoms with van der Waals surface area (Å²) in [6.45, 7) is 4.37. The quantitative estimate of drug-likeness (QED) is 0.373. The molecule has 0 radical (unpaired) electrons. The van der Waals surface area contributed by atoms with E-state index in [1.807, 2.05) is 30.5 Å². The first kappa shape index (κ1) is 24.8. The normalized spacial score (nSPS) is 18.4. The molecule has 0 bridgehead atoms. The molecule has 0 spiro atoms. The van der Waals surface area contributed by atoms with Crippen molar-refractivity contribution in [2.75, 3.05) is 32.8 Å². The maximum absolute atomic E-state index is 13.1. The van der Waals surface area contributed by atoms with Gasteiger partial charge in [-0.15, -0.1) is 0 Å². The highest BCUT2D eigenvalue weighted by molar-refractivity contribution is 5.78. The van der Waals surface area contributed by atoms with E-state index in [0.717, 1.165) is 62.6 Å². The Bertz CT molecular complexity index is 1430. The van der Waals surface area contributed by atoms with Crippen LogP contribution in [0.15, 0.2) is 67.1 Å². The van der Waals surface area contributed by atoms with Gasteiger partial charge in [0, 0.05) is 43.2 Å². The maximum atomic E-state index is 13.1. The van der Waals surface area contributed by atoms with E-state index in [-0.39, 0.29) is 11.2 Å². The number of alkyl halides is 3. The number of morpholine rings is 1. The van der Waals surface area contributed by atoms with Crippen molar-refractivity contribution in [3.63, 3.8) is 0 Å². The summed E-state index contributed by atoms with van der Waals surface area (Å²) >= 11 is 0. The smallest absolute Gasteiger partial charge is 0.407 e. The van der Waals surface area contributed by atoms with Crippen molar-refractivity contribution >= 4 is 5.65 Å². The molecule has 1 aliphatic heterocycles. The van der Waals surface area contributed by atoms with E-state index in [0.29, 0.717) is 16.8 Å². The molecule has 2 fully saturated rings. The van der Waals surface area contributed by atoms with E-state index >= 15 is 0 Å². The summed E-state index contributed by atoms with van der Waals surface area (Å²) in [7, 11) is 0. The number of nitrogens with zero attached hydrogens (tertiary/aromatic N) is 4. The summed E-state index contributed by atoms with van der Waals surface area (Å²) in [4.78, 5) is 6.98. The predicted octanol–water partition coefficient (Wildman–Crippen LogP) is 4.87. The van der Waals surface area contributed by atoms with Crippen LogP contribution in [0, 0.1) is 0 Å². The second-order valence-corrected chi connectivity index (χ2v) is 10.0. The molecule has 0 amide bonds. The van der Waals surface area contributed by atoms with Crippen LogP contribution in [0.1, 0.15) is 24.4 Å². The average Bonchev–Trinajstić information content (AvgIpc) is 3.53. The van der Waals surface area contributed by atoms with Crippen molar-refractivity contribution in [2.24, 2.45) is 5.73 Å². The van der Waals surface area contributed by atoms with Crippen LogP contribution in [0.4, 0.5) is 13.2 Å². The van der Waals surface area contributed by atoms with Gasteiger partial charge in [0.2, 0.25) is 0 Å². The molecule has 1 atom stereocenters. The van der Waals surface area contributed by atoms with Gasteiger partial charge in [0.1, 0.15) is 17.4 Å². The van der Waals surface area contributed by atoms with Gasteiger partial charge in [-0.25, -0.2) is 9.50 Å².